The second-order valence-electron chi connectivity index (χ2n) is 6.52. The first-order valence-corrected chi connectivity index (χ1v) is 10.4. The molecular weight excluding hydrogens is 362 g/mol. The lowest BCUT2D eigenvalue weighted by molar-refractivity contribution is -0.116. The van der Waals surface area contributed by atoms with E-state index in [1.165, 1.54) is 22.2 Å². The molecule has 0 radical (unpaired) electrons. The first-order chi connectivity index (χ1) is 12.4. The summed E-state index contributed by atoms with van der Waals surface area (Å²) in [5.74, 6) is 1.19. The third-order valence-electron chi connectivity index (χ3n) is 4.26. The number of aryl methyl sites for hydroxylation is 3. The Bertz CT molecular complexity index is 935. The van der Waals surface area contributed by atoms with Crippen molar-refractivity contribution in [2.75, 3.05) is 10.7 Å². The zero-order valence-corrected chi connectivity index (χ0v) is 17.4. The lowest BCUT2D eigenvalue weighted by atomic mass is 10.2. The van der Waals surface area contributed by atoms with Gasteiger partial charge in [-0.05, 0) is 52.3 Å². The van der Waals surface area contributed by atoms with Crippen molar-refractivity contribution in [2.24, 2.45) is 0 Å². The van der Waals surface area contributed by atoms with Crippen LogP contribution >= 0.6 is 23.1 Å². The summed E-state index contributed by atoms with van der Waals surface area (Å²) in [6, 6.07) is 9.93. The highest BCUT2D eigenvalue weighted by molar-refractivity contribution is 8.00. The van der Waals surface area contributed by atoms with Gasteiger partial charge in [0.15, 0.2) is 0 Å². The highest BCUT2D eigenvalue weighted by Gasteiger charge is 2.21. The van der Waals surface area contributed by atoms with Crippen LogP contribution in [-0.2, 0) is 4.79 Å². The normalized spacial score (nSPS) is 11.3. The van der Waals surface area contributed by atoms with Crippen molar-refractivity contribution >= 4 is 44.9 Å². The molecule has 0 saturated carbocycles. The molecule has 2 heterocycles. The van der Waals surface area contributed by atoms with Crippen LogP contribution in [0.5, 0.6) is 0 Å². The Morgan fingerprint density at radius 2 is 1.85 bits per heavy atom. The van der Waals surface area contributed by atoms with Gasteiger partial charge in [-0.15, -0.1) is 11.3 Å². The number of amides is 1. The number of carbonyl (C=O) groups is 1. The number of nitrogens with zero attached hydrogens (tertiary/aromatic N) is 3. The highest BCUT2D eigenvalue weighted by Crippen LogP contribution is 2.35. The molecule has 6 heteroatoms. The van der Waals surface area contributed by atoms with E-state index in [-0.39, 0.29) is 11.9 Å². The summed E-state index contributed by atoms with van der Waals surface area (Å²) >= 11 is 3.19. The van der Waals surface area contributed by atoms with E-state index in [1.54, 1.807) is 11.3 Å². The van der Waals surface area contributed by atoms with Crippen LogP contribution in [0.15, 0.2) is 35.4 Å². The van der Waals surface area contributed by atoms with Gasteiger partial charge in [0.25, 0.3) is 0 Å². The van der Waals surface area contributed by atoms with Gasteiger partial charge in [0, 0.05) is 22.0 Å². The number of thiophene rings is 1. The second kappa shape index (κ2) is 7.76. The quantitative estimate of drug-likeness (QED) is 0.450. The number of fused-ring (bicyclic) bond motifs is 1. The minimum absolute atomic E-state index is 0.0882. The molecule has 136 valence electrons. The predicted octanol–water partition coefficient (Wildman–Crippen LogP) is 5.15. The third kappa shape index (κ3) is 3.76. The van der Waals surface area contributed by atoms with Gasteiger partial charge in [0.1, 0.15) is 15.7 Å². The Kier molecular flexibility index (Phi) is 5.63. The average molecular weight is 386 g/mol. The minimum Gasteiger partial charge on any atom is -0.309 e. The number of thioether (sulfide) groups is 1. The number of para-hydroxylation sites is 1. The topological polar surface area (TPSA) is 46.1 Å². The molecule has 0 aliphatic heterocycles. The molecule has 3 aromatic rings. The summed E-state index contributed by atoms with van der Waals surface area (Å²) in [6.07, 6.45) is 0. The number of aromatic nitrogens is 2. The van der Waals surface area contributed by atoms with Crippen LogP contribution in [0.4, 0.5) is 5.69 Å². The first-order valence-electron chi connectivity index (χ1n) is 8.62. The number of carbonyl (C=O) groups excluding carboxylic acids is 1. The fraction of sp³-hybridized carbons (Fsp3) is 0.350. The molecule has 0 spiro atoms. The predicted molar refractivity (Wildman–Crippen MR) is 111 cm³/mol. The molecule has 1 aromatic carbocycles. The van der Waals surface area contributed by atoms with Crippen molar-refractivity contribution in [3.63, 3.8) is 0 Å². The lowest BCUT2D eigenvalue weighted by Crippen LogP contribution is -2.38. The molecule has 0 aliphatic rings. The fourth-order valence-corrected chi connectivity index (χ4v) is 5.07. The molecule has 0 unspecified atom stereocenters. The summed E-state index contributed by atoms with van der Waals surface area (Å²) in [4.78, 5) is 26.2. The number of hydrogen-bond acceptors (Lipinski definition) is 5. The zero-order chi connectivity index (χ0) is 18.8. The van der Waals surface area contributed by atoms with E-state index in [0.717, 1.165) is 26.8 Å². The van der Waals surface area contributed by atoms with Gasteiger partial charge in [0.2, 0.25) is 5.91 Å². The Labute approximate surface area is 162 Å². The third-order valence-corrected chi connectivity index (χ3v) is 6.32. The maximum absolute atomic E-state index is 12.9. The molecule has 2 aromatic heterocycles. The second-order valence-corrected chi connectivity index (χ2v) is 8.69. The molecule has 3 rings (SSSR count). The van der Waals surface area contributed by atoms with E-state index in [2.05, 4.69) is 23.8 Å². The van der Waals surface area contributed by atoms with Crippen molar-refractivity contribution < 1.29 is 4.79 Å². The van der Waals surface area contributed by atoms with Crippen LogP contribution in [0, 0.1) is 20.8 Å². The Morgan fingerprint density at radius 1 is 1.15 bits per heavy atom. The van der Waals surface area contributed by atoms with Gasteiger partial charge in [0.05, 0.1) is 5.75 Å². The zero-order valence-electron chi connectivity index (χ0n) is 15.7. The number of anilines is 1. The van der Waals surface area contributed by atoms with Gasteiger partial charge in [-0.25, -0.2) is 9.97 Å². The molecule has 0 atom stereocenters. The summed E-state index contributed by atoms with van der Waals surface area (Å²) in [5.41, 5.74) is 2.14. The van der Waals surface area contributed by atoms with E-state index in [0.29, 0.717) is 5.75 Å². The van der Waals surface area contributed by atoms with Crippen LogP contribution in [0.3, 0.4) is 0 Å². The van der Waals surface area contributed by atoms with E-state index in [4.69, 9.17) is 0 Å². The molecule has 0 aliphatic carbocycles. The van der Waals surface area contributed by atoms with E-state index in [1.807, 2.05) is 56.0 Å². The maximum Gasteiger partial charge on any atom is 0.237 e. The Balaban J connectivity index is 1.86. The monoisotopic (exact) mass is 385 g/mol. The van der Waals surface area contributed by atoms with E-state index in [9.17, 15) is 4.79 Å². The molecular formula is C20H23N3OS2. The van der Waals surface area contributed by atoms with Crippen LogP contribution in [0.1, 0.15) is 30.1 Å². The fourth-order valence-electron chi connectivity index (χ4n) is 2.94. The first kappa shape index (κ1) is 18.9. The van der Waals surface area contributed by atoms with Crippen molar-refractivity contribution in [3.05, 3.63) is 46.6 Å². The van der Waals surface area contributed by atoms with Crippen molar-refractivity contribution in [3.8, 4) is 0 Å². The Morgan fingerprint density at radius 3 is 2.50 bits per heavy atom. The van der Waals surface area contributed by atoms with E-state index < -0.39 is 0 Å². The summed E-state index contributed by atoms with van der Waals surface area (Å²) in [7, 11) is 0. The largest absolute Gasteiger partial charge is 0.309 e. The lowest BCUT2D eigenvalue weighted by Gasteiger charge is -2.26. The van der Waals surface area contributed by atoms with Gasteiger partial charge in [-0.2, -0.15) is 0 Å². The number of rotatable bonds is 5. The maximum atomic E-state index is 12.9. The van der Waals surface area contributed by atoms with E-state index >= 15 is 0 Å². The highest BCUT2D eigenvalue weighted by atomic mass is 32.2. The van der Waals surface area contributed by atoms with Gasteiger partial charge >= 0.3 is 0 Å². The number of benzene rings is 1. The minimum atomic E-state index is 0.0882. The molecule has 1 amide bonds. The molecule has 0 bridgehead atoms. The average Bonchev–Trinajstić information content (AvgIpc) is 2.87. The smallest absolute Gasteiger partial charge is 0.237 e. The van der Waals surface area contributed by atoms with Crippen LogP contribution < -0.4 is 4.90 Å². The summed E-state index contributed by atoms with van der Waals surface area (Å²) < 4.78 is 0. The van der Waals surface area contributed by atoms with Crippen LogP contribution in [0.25, 0.3) is 10.2 Å². The molecule has 4 nitrogen and oxygen atoms in total. The molecule has 0 fully saturated rings. The summed E-state index contributed by atoms with van der Waals surface area (Å²) in [6.45, 7) is 10.2. The molecule has 0 N–H and O–H groups in total. The molecule has 0 saturated heterocycles. The SMILES string of the molecule is Cc1nc(SCC(=O)N(c2ccccc2)C(C)C)c2c(C)c(C)sc2n1. The van der Waals surface area contributed by atoms with Crippen LogP contribution in [-0.4, -0.2) is 27.7 Å². The molecule has 26 heavy (non-hydrogen) atoms. The van der Waals surface area contributed by atoms with Gasteiger partial charge < -0.3 is 4.90 Å². The number of hydrogen-bond donors (Lipinski definition) is 0. The van der Waals surface area contributed by atoms with Crippen LogP contribution in [0.2, 0.25) is 0 Å². The Hall–Kier alpha value is -1.92. The van der Waals surface area contributed by atoms with Gasteiger partial charge in [-0.1, -0.05) is 30.0 Å². The van der Waals surface area contributed by atoms with Crippen molar-refractivity contribution in [1.29, 1.82) is 0 Å². The standard InChI is InChI=1S/C20H23N3OS2/c1-12(2)23(16-9-7-6-8-10-16)17(24)11-25-19-18-13(3)14(4)26-20(18)22-15(5)21-19/h6-10,12H,11H2,1-5H3. The van der Waals surface area contributed by atoms with Crippen molar-refractivity contribution in [2.45, 2.75) is 45.7 Å². The van der Waals surface area contributed by atoms with Gasteiger partial charge in [-0.3, -0.25) is 4.79 Å². The van der Waals surface area contributed by atoms with Crippen molar-refractivity contribution in [1.82, 2.24) is 9.97 Å². The summed E-state index contributed by atoms with van der Waals surface area (Å²) in [5, 5.41) is 1.99.